The third-order valence-corrected chi connectivity index (χ3v) is 5.65. The lowest BCUT2D eigenvalue weighted by atomic mass is 10.0. The Balaban J connectivity index is 1.51. The second-order valence-electron chi connectivity index (χ2n) is 6.24. The average molecular weight is 321 g/mol. The summed E-state index contributed by atoms with van der Waals surface area (Å²) in [7, 11) is 1.87. The molecule has 2 amide bonds. The van der Waals surface area contributed by atoms with Crippen LogP contribution in [0.15, 0.2) is 11.4 Å². The summed E-state index contributed by atoms with van der Waals surface area (Å²) < 4.78 is 0. The normalized spacial score (nSPS) is 24.0. The molecule has 1 N–H and O–H groups in total. The zero-order chi connectivity index (χ0) is 15.7. The van der Waals surface area contributed by atoms with Crippen molar-refractivity contribution in [1.82, 2.24) is 15.1 Å². The predicted octanol–water partition coefficient (Wildman–Crippen LogP) is 1.48. The minimum atomic E-state index is 0.0360. The molecule has 0 bridgehead atoms. The summed E-state index contributed by atoms with van der Waals surface area (Å²) in [5, 5.41) is 5.09. The number of amides is 2. The van der Waals surface area contributed by atoms with Crippen LogP contribution in [0.1, 0.15) is 34.5 Å². The van der Waals surface area contributed by atoms with Crippen molar-refractivity contribution in [3.63, 3.8) is 0 Å². The van der Waals surface area contributed by atoms with Gasteiger partial charge in [0.2, 0.25) is 5.91 Å². The largest absolute Gasteiger partial charge is 0.349 e. The standard InChI is InChI=1S/C16H23N3O2S/c1-11-13(6-10-22-11)15(20)17-12-3-8-19(9-4-12)14-5-7-18(2)16(14)21/h6,10,12,14H,3-5,7-9H2,1-2H3,(H,17,20)/t14-/m0/s1. The summed E-state index contributed by atoms with van der Waals surface area (Å²) >= 11 is 1.60. The van der Waals surface area contributed by atoms with Crippen molar-refractivity contribution in [2.45, 2.75) is 38.3 Å². The molecule has 0 spiro atoms. The summed E-state index contributed by atoms with van der Waals surface area (Å²) in [6.07, 6.45) is 2.77. The predicted molar refractivity (Wildman–Crippen MR) is 87.2 cm³/mol. The molecular weight excluding hydrogens is 298 g/mol. The van der Waals surface area contributed by atoms with E-state index in [-0.39, 0.29) is 23.9 Å². The first-order valence-corrected chi connectivity index (χ1v) is 8.78. The third kappa shape index (κ3) is 3.03. The summed E-state index contributed by atoms with van der Waals surface area (Å²) in [4.78, 5) is 29.5. The Hall–Kier alpha value is -1.40. The molecule has 0 radical (unpaired) electrons. The van der Waals surface area contributed by atoms with E-state index in [0.29, 0.717) is 0 Å². The van der Waals surface area contributed by atoms with E-state index < -0.39 is 0 Å². The van der Waals surface area contributed by atoms with Crippen molar-refractivity contribution in [2.75, 3.05) is 26.7 Å². The third-order valence-electron chi connectivity index (χ3n) is 4.81. The molecular formula is C16H23N3O2S. The molecule has 2 saturated heterocycles. The first kappa shape index (κ1) is 15.5. The maximum atomic E-state index is 12.2. The summed E-state index contributed by atoms with van der Waals surface area (Å²) in [6.45, 7) is 4.61. The lowest BCUT2D eigenvalue weighted by molar-refractivity contribution is -0.131. The molecule has 1 aromatic heterocycles. The molecule has 1 aromatic rings. The average Bonchev–Trinajstić information content (AvgIpc) is 3.07. The van der Waals surface area contributed by atoms with Crippen LogP contribution in [-0.2, 0) is 4.79 Å². The van der Waals surface area contributed by atoms with Crippen LogP contribution in [0.25, 0.3) is 0 Å². The number of carbonyl (C=O) groups is 2. The number of piperidine rings is 1. The topological polar surface area (TPSA) is 52.7 Å². The fourth-order valence-corrected chi connectivity index (χ4v) is 4.08. The molecule has 0 unspecified atom stereocenters. The van der Waals surface area contributed by atoms with Gasteiger partial charge in [-0.2, -0.15) is 0 Å². The van der Waals surface area contributed by atoms with Gasteiger partial charge >= 0.3 is 0 Å². The molecule has 2 aliphatic rings. The highest BCUT2D eigenvalue weighted by Gasteiger charge is 2.35. The van der Waals surface area contributed by atoms with Crippen LogP contribution in [0.4, 0.5) is 0 Å². The minimum Gasteiger partial charge on any atom is -0.349 e. The highest BCUT2D eigenvalue weighted by Crippen LogP contribution is 2.21. The van der Waals surface area contributed by atoms with Gasteiger partial charge < -0.3 is 10.2 Å². The number of aryl methyl sites for hydroxylation is 1. The molecule has 0 aliphatic carbocycles. The second kappa shape index (κ2) is 6.38. The van der Waals surface area contributed by atoms with E-state index in [9.17, 15) is 9.59 Å². The van der Waals surface area contributed by atoms with Gasteiger partial charge in [-0.3, -0.25) is 14.5 Å². The lowest BCUT2D eigenvalue weighted by Gasteiger charge is -2.35. The summed E-state index contributed by atoms with van der Waals surface area (Å²) in [6, 6.07) is 2.16. The maximum Gasteiger partial charge on any atom is 0.252 e. The van der Waals surface area contributed by atoms with Crippen LogP contribution < -0.4 is 5.32 Å². The number of thiophene rings is 1. The molecule has 5 nitrogen and oxygen atoms in total. The Kier molecular flexibility index (Phi) is 4.49. The van der Waals surface area contributed by atoms with Crippen molar-refractivity contribution >= 4 is 23.2 Å². The van der Waals surface area contributed by atoms with Gasteiger partial charge in [0.1, 0.15) is 0 Å². The smallest absolute Gasteiger partial charge is 0.252 e. The Bertz CT molecular complexity index is 563. The SMILES string of the molecule is Cc1sccc1C(=O)NC1CCN([C@H]2CCN(C)C2=O)CC1. The van der Waals surface area contributed by atoms with Crippen molar-refractivity contribution in [2.24, 2.45) is 0 Å². The van der Waals surface area contributed by atoms with E-state index in [1.807, 2.05) is 30.3 Å². The van der Waals surface area contributed by atoms with E-state index in [2.05, 4.69) is 10.2 Å². The van der Waals surface area contributed by atoms with Crippen LogP contribution in [-0.4, -0.2) is 60.4 Å². The fraction of sp³-hybridized carbons (Fsp3) is 0.625. The Labute approximate surface area is 135 Å². The van der Waals surface area contributed by atoms with E-state index >= 15 is 0 Å². The molecule has 0 aromatic carbocycles. The summed E-state index contributed by atoms with van der Waals surface area (Å²) in [5.74, 6) is 0.283. The number of rotatable bonds is 3. The zero-order valence-electron chi connectivity index (χ0n) is 13.2. The number of hydrogen-bond acceptors (Lipinski definition) is 4. The van der Waals surface area contributed by atoms with Crippen molar-refractivity contribution in [3.05, 3.63) is 21.9 Å². The Morgan fingerprint density at radius 1 is 1.27 bits per heavy atom. The molecule has 2 fully saturated rings. The van der Waals surface area contributed by atoms with Crippen LogP contribution in [0.3, 0.4) is 0 Å². The Morgan fingerprint density at radius 2 is 2.00 bits per heavy atom. The first-order valence-electron chi connectivity index (χ1n) is 7.90. The molecule has 3 rings (SSSR count). The molecule has 1 atom stereocenters. The van der Waals surface area contributed by atoms with Gasteiger partial charge in [-0.15, -0.1) is 11.3 Å². The number of hydrogen-bond donors (Lipinski definition) is 1. The van der Waals surface area contributed by atoms with E-state index in [4.69, 9.17) is 0 Å². The quantitative estimate of drug-likeness (QED) is 0.917. The van der Waals surface area contributed by atoms with Gasteiger partial charge in [-0.1, -0.05) is 0 Å². The van der Waals surface area contributed by atoms with Crippen LogP contribution >= 0.6 is 11.3 Å². The van der Waals surface area contributed by atoms with Gasteiger partial charge in [-0.25, -0.2) is 0 Å². The van der Waals surface area contributed by atoms with Crippen LogP contribution in [0.2, 0.25) is 0 Å². The molecule has 3 heterocycles. The fourth-order valence-electron chi connectivity index (χ4n) is 3.38. The van der Waals surface area contributed by atoms with E-state index in [1.54, 1.807) is 11.3 Å². The molecule has 22 heavy (non-hydrogen) atoms. The highest BCUT2D eigenvalue weighted by atomic mass is 32.1. The number of carbonyl (C=O) groups excluding carboxylic acids is 2. The van der Waals surface area contributed by atoms with Gasteiger partial charge in [0, 0.05) is 37.6 Å². The molecule has 6 heteroatoms. The van der Waals surface area contributed by atoms with Crippen molar-refractivity contribution < 1.29 is 9.59 Å². The molecule has 2 aliphatic heterocycles. The lowest BCUT2D eigenvalue weighted by Crippen LogP contribution is -2.50. The van der Waals surface area contributed by atoms with Gasteiger partial charge in [0.25, 0.3) is 5.91 Å². The Morgan fingerprint density at radius 3 is 2.55 bits per heavy atom. The monoisotopic (exact) mass is 321 g/mol. The van der Waals surface area contributed by atoms with Gasteiger partial charge in [-0.05, 0) is 37.6 Å². The van der Waals surface area contributed by atoms with Crippen molar-refractivity contribution in [1.29, 1.82) is 0 Å². The van der Waals surface area contributed by atoms with Crippen LogP contribution in [0.5, 0.6) is 0 Å². The second-order valence-corrected chi connectivity index (χ2v) is 7.36. The number of likely N-dealkylation sites (tertiary alicyclic amines) is 2. The molecule has 120 valence electrons. The number of nitrogens with one attached hydrogen (secondary N) is 1. The zero-order valence-corrected chi connectivity index (χ0v) is 14.0. The van der Waals surface area contributed by atoms with E-state index in [0.717, 1.165) is 49.3 Å². The van der Waals surface area contributed by atoms with Gasteiger partial charge in [0.15, 0.2) is 0 Å². The van der Waals surface area contributed by atoms with Crippen LogP contribution in [0, 0.1) is 6.92 Å². The molecule has 0 saturated carbocycles. The van der Waals surface area contributed by atoms with Crippen molar-refractivity contribution in [3.8, 4) is 0 Å². The summed E-state index contributed by atoms with van der Waals surface area (Å²) in [5.41, 5.74) is 0.792. The minimum absolute atomic E-state index is 0.0360. The number of nitrogens with zero attached hydrogens (tertiary/aromatic N) is 2. The first-order chi connectivity index (χ1) is 10.6. The maximum absolute atomic E-state index is 12.2. The highest BCUT2D eigenvalue weighted by molar-refractivity contribution is 7.10. The number of likely N-dealkylation sites (N-methyl/N-ethyl adjacent to an activating group) is 1. The van der Waals surface area contributed by atoms with E-state index in [1.165, 1.54) is 0 Å². The van der Waals surface area contributed by atoms with Gasteiger partial charge in [0.05, 0.1) is 11.6 Å².